The van der Waals surface area contributed by atoms with Gasteiger partial charge in [0.2, 0.25) is 5.91 Å². The summed E-state index contributed by atoms with van der Waals surface area (Å²) in [5.74, 6) is 0.117. The van der Waals surface area contributed by atoms with Gasteiger partial charge in [0, 0.05) is 11.8 Å². The summed E-state index contributed by atoms with van der Waals surface area (Å²) in [6, 6.07) is -0.413. The Kier molecular flexibility index (Phi) is 6.26. The number of carbonyl (C=O) groups excluding carboxylic acids is 1. The van der Waals surface area contributed by atoms with Gasteiger partial charge in [-0.1, -0.05) is 20.3 Å². The van der Waals surface area contributed by atoms with Gasteiger partial charge in [-0.3, -0.25) is 9.69 Å². The number of piperidine rings is 1. The Labute approximate surface area is 116 Å². The van der Waals surface area contributed by atoms with Gasteiger partial charge in [0.05, 0.1) is 11.8 Å². The molecule has 1 amide bonds. The number of carbonyl (C=O) groups is 1. The van der Waals surface area contributed by atoms with Gasteiger partial charge in [-0.15, -0.1) is 0 Å². The molecule has 19 heavy (non-hydrogen) atoms. The lowest BCUT2D eigenvalue weighted by Gasteiger charge is -2.34. The quantitative estimate of drug-likeness (QED) is 0.786. The second-order valence-electron chi connectivity index (χ2n) is 5.25. The maximum absolute atomic E-state index is 12.2. The summed E-state index contributed by atoms with van der Waals surface area (Å²) in [5.41, 5.74) is 0. The maximum Gasteiger partial charge on any atom is 0.237 e. The van der Waals surface area contributed by atoms with E-state index in [1.165, 1.54) is 0 Å². The van der Waals surface area contributed by atoms with Crippen LogP contribution in [0.15, 0.2) is 0 Å². The number of hydrogen-bond donors (Lipinski definition) is 1. The highest BCUT2D eigenvalue weighted by Gasteiger charge is 2.28. The van der Waals surface area contributed by atoms with Crippen molar-refractivity contribution in [3.8, 4) is 0 Å². The first-order valence-electron chi connectivity index (χ1n) is 7.14. The van der Waals surface area contributed by atoms with E-state index in [1.54, 1.807) is 13.8 Å². The van der Waals surface area contributed by atoms with Gasteiger partial charge in [0.1, 0.15) is 0 Å². The highest BCUT2D eigenvalue weighted by atomic mass is 32.2. The van der Waals surface area contributed by atoms with Crippen LogP contribution in [-0.4, -0.2) is 55.9 Å². The molecule has 1 rings (SSSR count). The number of rotatable bonds is 6. The minimum atomic E-state index is -3.04. The van der Waals surface area contributed by atoms with Crippen molar-refractivity contribution < 1.29 is 13.2 Å². The van der Waals surface area contributed by atoms with Crippen molar-refractivity contribution in [3.05, 3.63) is 0 Å². The predicted octanol–water partition coefficient (Wildman–Crippen LogP) is 0.800. The molecular weight excluding hydrogens is 264 g/mol. The smallest absolute Gasteiger partial charge is 0.237 e. The van der Waals surface area contributed by atoms with E-state index in [0.717, 1.165) is 32.4 Å². The van der Waals surface area contributed by atoms with Crippen molar-refractivity contribution in [3.63, 3.8) is 0 Å². The molecule has 0 aromatic rings. The summed E-state index contributed by atoms with van der Waals surface area (Å²) in [7, 11) is -3.04. The van der Waals surface area contributed by atoms with E-state index in [4.69, 9.17) is 0 Å². The lowest BCUT2D eigenvalue weighted by Crippen LogP contribution is -2.52. The van der Waals surface area contributed by atoms with Crippen LogP contribution in [0.4, 0.5) is 0 Å². The van der Waals surface area contributed by atoms with Crippen molar-refractivity contribution in [2.75, 3.05) is 24.6 Å². The number of hydrogen-bond acceptors (Lipinski definition) is 4. The summed E-state index contributed by atoms with van der Waals surface area (Å²) < 4.78 is 23.1. The van der Waals surface area contributed by atoms with Crippen LogP contribution in [0.2, 0.25) is 0 Å². The molecule has 0 saturated carbocycles. The van der Waals surface area contributed by atoms with Crippen LogP contribution in [0.25, 0.3) is 0 Å². The summed E-state index contributed by atoms with van der Waals surface area (Å²) in [6.07, 6.45) is 3.07. The minimum absolute atomic E-state index is 0.0219. The van der Waals surface area contributed by atoms with Crippen LogP contribution in [0, 0.1) is 0 Å². The molecule has 112 valence electrons. The first kappa shape index (κ1) is 16.4. The number of likely N-dealkylation sites (N-methyl/N-ethyl adjacent to an activating group) is 1. The summed E-state index contributed by atoms with van der Waals surface area (Å²) >= 11 is 0. The van der Waals surface area contributed by atoms with Gasteiger partial charge in [0.25, 0.3) is 0 Å². The molecule has 1 aliphatic rings. The third-order valence-corrected chi connectivity index (χ3v) is 5.54. The average Bonchev–Trinajstić information content (AvgIpc) is 2.37. The molecule has 0 bridgehead atoms. The Morgan fingerprint density at radius 2 is 2.05 bits per heavy atom. The van der Waals surface area contributed by atoms with Gasteiger partial charge >= 0.3 is 0 Å². The molecule has 2 atom stereocenters. The zero-order valence-corrected chi connectivity index (χ0v) is 13.0. The number of amides is 1. The molecule has 1 fully saturated rings. The minimum Gasteiger partial charge on any atom is -0.351 e. The van der Waals surface area contributed by atoms with Crippen LogP contribution in [0.5, 0.6) is 0 Å². The molecule has 0 aliphatic carbocycles. The van der Waals surface area contributed by atoms with E-state index in [0.29, 0.717) is 0 Å². The Morgan fingerprint density at radius 3 is 2.63 bits per heavy atom. The van der Waals surface area contributed by atoms with Crippen LogP contribution in [0.3, 0.4) is 0 Å². The first-order chi connectivity index (χ1) is 8.89. The SMILES string of the molecule is CCN1CCCC[C@@H]1C(=O)N[C@@H](C)CS(=O)(=O)CC. The van der Waals surface area contributed by atoms with E-state index >= 15 is 0 Å². The Bertz CT molecular complexity index is 395. The van der Waals surface area contributed by atoms with Crippen molar-refractivity contribution in [1.29, 1.82) is 0 Å². The molecule has 1 saturated heterocycles. The fourth-order valence-electron chi connectivity index (χ4n) is 2.55. The third-order valence-electron chi connectivity index (χ3n) is 3.65. The van der Waals surface area contributed by atoms with Crippen LogP contribution in [0.1, 0.15) is 40.0 Å². The van der Waals surface area contributed by atoms with Crippen LogP contribution >= 0.6 is 0 Å². The van der Waals surface area contributed by atoms with Crippen molar-refractivity contribution >= 4 is 15.7 Å². The molecule has 0 spiro atoms. The van der Waals surface area contributed by atoms with E-state index < -0.39 is 9.84 Å². The lowest BCUT2D eigenvalue weighted by molar-refractivity contribution is -0.128. The molecular formula is C13H26N2O3S. The van der Waals surface area contributed by atoms with Gasteiger partial charge < -0.3 is 5.32 Å². The van der Waals surface area contributed by atoms with Gasteiger partial charge in [-0.25, -0.2) is 8.42 Å². The van der Waals surface area contributed by atoms with Crippen LogP contribution < -0.4 is 5.32 Å². The van der Waals surface area contributed by atoms with Gasteiger partial charge in [-0.2, -0.15) is 0 Å². The molecule has 0 radical (unpaired) electrons. The largest absolute Gasteiger partial charge is 0.351 e. The van der Waals surface area contributed by atoms with Gasteiger partial charge in [-0.05, 0) is 32.9 Å². The van der Waals surface area contributed by atoms with E-state index in [1.807, 2.05) is 0 Å². The third kappa shape index (κ3) is 5.10. The normalized spacial score (nSPS) is 23.0. The molecule has 5 nitrogen and oxygen atoms in total. The fourth-order valence-corrected chi connectivity index (χ4v) is 3.63. The Morgan fingerprint density at radius 1 is 1.37 bits per heavy atom. The highest BCUT2D eigenvalue weighted by molar-refractivity contribution is 7.91. The van der Waals surface area contributed by atoms with E-state index in [2.05, 4.69) is 17.1 Å². The number of sulfone groups is 1. The molecule has 1 heterocycles. The molecule has 1 N–H and O–H groups in total. The zero-order valence-electron chi connectivity index (χ0n) is 12.2. The van der Waals surface area contributed by atoms with Gasteiger partial charge in [0.15, 0.2) is 9.84 Å². The summed E-state index contributed by atoms with van der Waals surface area (Å²) in [5, 5.41) is 2.84. The monoisotopic (exact) mass is 290 g/mol. The maximum atomic E-state index is 12.2. The van der Waals surface area contributed by atoms with E-state index in [9.17, 15) is 13.2 Å². The van der Waals surface area contributed by atoms with Crippen LogP contribution in [-0.2, 0) is 14.6 Å². The lowest BCUT2D eigenvalue weighted by atomic mass is 10.0. The number of nitrogens with zero attached hydrogens (tertiary/aromatic N) is 1. The van der Waals surface area contributed by atoms with Crippen molar-refractivity contribution in [2.45, 2.75) is 52.1 Å². The second-order valence-corrected chi connectivity index (χ2v) is 7.65. The molecule has 0 unspecified atom stereocenters. The topological polar surface area (TPSA) is 66.5 Å². The standard InChI is InChI=1S/C13H26N2O3S/c1-4-15-9-7-6-8-12(15)13(16)14-11(3)10-19(17,18)5-2/h11-12H,4-10H2,1-3H3,(H,14,16)/t11-,12+/m0/s1. The Balaban J connectivity index is 2.53. The molecule has 0 aromatic carbocycles. The predicted molar refractivity (Wildman–Crippen MR) is 76.8 cm³/mol. The number of nitrogens with one attached hydrogen (secondary N) is 1. The van der Waals surface area contributed by atoms with Crippen molar-refractivity contribution in [1.82, 2.24) is 10.2 Å². The summed E-state index contributed by atoms with van der Waals surface area (Å²) in [4.78, 5) is 14.4. The first-order valence-corrected chi connectivity index (χ1v) is 8.96. The Hall–Kier alpha value is -0.620. The molecule has 0 aromatic heterocycles. The van der Waals surface area contributed by atoms with E-state index in [-0.39, 0.29) is 29.5 Å². The average molecular weight is 290 g/mol. The summed E-state index contributed by atoms with van der Waals surface area (Å²) in [6.45, 7) is 7.25. The highest BCUT2D eigenvalue weighted by Crippen LogP contribution is 2.16. The van der Waals surface area contributed by atoms with Crippen molar-refractivity contribution in [2.24, 2.45) is 0 Å². The molecule has 1 aliphatic heterocycles. The fraction of sp³-hybridized carbons (Fsp3) is 0.923. The number of likely N-dealkylation sites (tertiary alicyclic amines) is 1. The second kappa shape index (κ2) is 7.24. The molecule has 6 heteroatoms. The zero-order chi connectivity index (χ0) is 14.5.